The van der Waals surface area contributed by atoms with Crippen LogP contribution in [0.15, 0.2) is 54.6 Å². The van der Waals surface area contributed by atoms with Crippen molar-refractivity contribution in [3.63, 3.8) is 0 Å². The number of nitrogens with zero attached hydrogens (tertiary/aromatic N) is 3. The fraction of sp³-hybridized carbons (Fsp3) is 0.407. The third kappa shape index (κ3) is 4.80. The molecule has 1 amide bonds. The Morgan fingerprint density at radius 2 is 1.79 bits per heavy atom. The smallest absolute Gasteiger partial charge is 0.413 e. The van der Waals surface area contributed by atoms with Crippen LogP contribution in [0.3, 0.4) is 0 Å². The molecule has 3 aromatic rings. The molecule has 1 saturated heterocycles. The van der Waals surface area contributed by atoms with E-state index in [1.54, 1.807) is 0 Å². The van der Waals surface area contributed by atoms with Gasteiger partial charge in [-0.1, -0.05) is 36.4 Å². The minimum absolute atomic E-state index is 0.484. The average molecular weight is 461 g/mol. The molecule has 34 heavy (non-hydrogen) atoms. The van der Waals surface area contributed by atoms with E-state index in [0.29, 0.717) is 18.3 Å². The highest BCUT2D eigenvalue weighted by Crippen LogP contribution is 2.35. The first-order chi connectivity index (χ1) is 16.5. The highest BCUT2D eigenvalue weighted by molar-refractivity contribution is 5.94. The summed E-state index contributed by atoms with van der Waals surface area (Å²) >= 11 is 0. The van der Waals surface area contributed by atoms with E-state index < -0.39 is 11.7 Å². The van der Waals surface area contributed by atoms with Crippen LogP contribution in [0.5, 0.6) is 5.88 Å². The Morgan fingerprint density at radius 3 is 2.65 bits per heavy atom. The van der Waals surface area contributed by atoms with Crippen LogP contribution in [0.2, 0.25) is 0 Å². The van der Waals surface area contributed by atoms with Crippen molar-refractivity contribution in [2.24, 2.45) is 0 Å². The molecule has 0 saturated carbocycles. The molecule has 2 aromatic carbocycles. The van der Waals surface area contributed by atoms with Crippen LogP contribution in [-0.4, -0.2) is 55.3 Å². The second-order valence-corrected chi connectivity index (χ2v) is 9.45. The molecule has 7 nitrogen and oxygen atoms in total. The van der Waals surface area contributed by atoms with Gasteiger partial charge in [-0.25, -0.2) is 4.79 Å². The van der Waals surface area contributed by atoms with E-state index in [4.69, 9.17) is 9.47 Å². The molecule has 5 rings (SSSR count). The van der Waals surface area contributed by atoms with Gasteiger partial charge in [-0.05, 0) is 50.8 Å². The van der Waals surface area contributed by atoms with Crippen LogP contribution in [0.1, 0.15) is 32.3 Å². The number of hydrogen-bond acceptors (Lipinski definition) is 6. The molecule has 2 aliphatic heterocycles. The number of nitrogens with one attached hydrogen (secondary N) is 1. The van der Waals surface area contributed by atoms with Crippen molar-refractivity contribution in [3.8, 4) is 5.88 Å². The molecule has 7 heteroatoms. The highest BCUT2D eigenvalue weighted by Gasteiger charge is 2.34. The van der Waals surface area contributed by atoms with Gasteiger partial charge in [-0.15, -0.1) is 0 Å². The molecule has 0 unspecified atom stereocenters. The van der Waals surface area contributed by atoms with Crippen molar-refractivity contribution in [1.82, 2.24) is 9.88 Å². The standard InChI is InChI=1S/C27H32N4O3/c1-27(2)22-12-13-24(28-25(22)29-26(32)34-27)33-19-6-5-14-30-15-17-31(18-16-30)23-11-7-9-20-8-3-4-10-21(20)23/h3-4,7-13H,5-6,14-19H2,1-2H3,(H,28,29,32). The number of pyridine rings is 1. The normalized spacial score (nSPS) is 17.7. The average Bonchev–Trinajstić information content (AvgIpc) is 2.83. The van der Waals surface area contributed by atoms with Crippen LogP contribution < -0.4 is 15.0 Å². The Bertz CT molecular complexity index is 1170. The van der Waals surface area contributed by atoms with Gasteiger partial charge in [-0.2, -0.15) is 4.98 Å². The number of ether oxygens (including phenoxy) is 2. The zero-order valence-electron chi connectivity index (χ0n) is 19.9. The Kier molecular flexibility index (Phi) is 6.28. The Hall–Kier alpha value is -3.32. The predicted molar refractivity (Wildman–Crippen MR) is 135 cm³/mol. The largest absolute Gasteiger partial charge is 0.478 e. The van der Waals surface area contributed by atoms with Gasteiger partial charge in [0.2, 0.25) is 5.88 Å². The number of rotatable bonds is 7. The Morgan fingerprint density at radius 1 is 1.00 bits per heavy atom. The second-order valence-electron chi connectivity index (χ2n) is 9.45. The van der Waals surface area contributed by atoms with Crippen molar-refractivity contribution in [2.75, 3.05) is 49.5 Å². The maximum atomic E-state index is 11.7. The van der Waals surface area contributed by atoms with E-state index in [-0.39, 0.29) is 0 Å². The molecular formula is C27H32N4O3. The number of carbonyl (C=O) groups is 1. The topological polar surface area (TPSA) is 66.9 Å². The molecule has 1 fully saturated rings. The maximum absolute atomic E-state index is 11.7. The summed E-state index contributed by atoms with van der Waals surface area (Å²) in [6.45, 7) is 9.65. The first-order valence-corrected chi connectivity index (χ1v) is 12.1. The summed E-state index contributed by atoms with van der Waals surface area (Å²) in [4.78, 5) is 21.2. The van der Waals surface area contributed by atoms with Gasteiger partial charge in [0.1, 0.15) is 11.4 Å². The number of piperazine rings is 1. The molecule has 2 aliphatic rings. The van der Waals surface area contributed by atoms with Crippen molar-refractivity contribution in [2.45, 2.75) is 32.3 Å². The van der Waals surface area contributed by atoms with E-state index in [0.717, 1.165) is 51.1 Å². The molecular weight excluding hydrogens is 428 g/mol. The quantitative estimate of drug-likeness (QED) is 0.500. The number of amides is 1. The molecule has 0 aliphatic carbocycles. The predicted octanol–water partition coefficient (Wildman–Crippen LogP) is 5.01. The number of hydrogen-bond donors (Lipinski definition) is 1. The molecule has 0 atom stereocenters. The zero-order chi connectivity index (χ0) is 23.5. The lowest BCUT2D eigenvalue weighted by molar-refractivity contribution is 0.0414. The monoisotopic (exact) mass is 460 g/mol. The van der Waals surface area contributed by atoms with Gasteiger partial charge in [-0.3, -0.25) is 10.2 Å². The van der Waals surface area contributed by atoms with Crippen molar-refractivity contribution in [3.05, 3.63) is 60.2 Å². The maximum Gasteiger partial charge on any atom is 0.413 e. The summed E-state index contributed by atoms with van der Waals surface area (Å²) in [7, 11) is 0. The first kappa shape index (κ1) is 22.5. The van der Waals surface area contributed by atoms with Crippen LogP contribution in [0, 0.1) is 0 Å². The third-order valence-electron chi connectivity index (χ3n) is 6.68. The Balaban J connectivity index is 1.06. The zero-order valence-corrected chi connectivity index (χ0v) is 19.9. The SMILES string of the molecule is CC1(C)OC(=O)Nc2nc(OCCCCN3CCN(c4cccc5ccccc45)CC3)ccc21. The number of carbonyl (C=O) groups excluding carboxylic acids is 1. The van der Waals surface area contributed by atoms with Gasteiger partial charge < -0.3 is 14.4 Å². The van der Waals surface area contributed by atoms with Crippen molar-refractivity contribution >= 4 is 28.4 Å². The van der Waals surface area contributed by atoms with Gasteiger partial charge in [0.25, 0.3) is 0 Å². The lowest BCUT2D eigenvalue weighted by Crippen LogP contribution is -2.46. The number of cyclic esters (lactones) is 1. The van der Waals surface area contributed by atoms with Gasteiger partial charge >= 0.3 is 6.09 Å². The number of anilines is 2. The molecule has 1 N–H and O–H groups in total. The van der Waals surface area contributed by atoms with Crippen molar-refractivity contribution in [1.29, 1.82) is 0 Å². The third-order valence-corrected chi connectivity index (χ3v) is 6.68. The van der Waals surface area contributed by atoms with Gasteiger partial charge in [0, 0.05) is 48.9 Å². The minimum Gasteiger partial charge on any atom is -0.478 e. The minimum atomic E-state index is -0.694. The molecule has 178 valence electrons. The van der Waals surface area contributed by atoms with E-state index in [2.05, 4.69) is 62.6 Å². The lowest BCUT2D eigenvalue weighted by Gasteiger charge is -2.36. The summed E-state index contributed by atoms with van der Waals surface area (Å²) in [6.07, 6.45) is 1.56. The number of fused-ring (bicyclic) bond motifs is 2. The Labute approximate surface area is 200 Å². The summed E-state index contributed by atoms with van der Waals surface area (Å²) in [5, 5.41) is 5.30. The van der Waals surface area contributed by atoms with Crippen molar-refractivity contribution < 1.29 is 14.3 Å². The highest BCUT2D eigenvalue weighted by atomic mass is 16.6. The van der Waals surface area contributed by atoms with E-state index in [9.17, 15) is 4.79 Å². The van der Waals surface area contributed by atoms with Crippen LogP contribution in [-0.2, 0) is 10.3 Å². The fourth-order valence-corrected chi connectivity index (χ4v) is 4.82. The van der Waals surface area contributed by atoms with Gasteiger partial charge in [0.05, 0.1) is 6.61 Å². The van der Waals surface area contributed by atoms with Crippen LogP contribution in [0.25, 0.3) is 10.8 Å². The fourth-order valence-electron chi connectivity index (χ4n) is 4.82. The molecule has 1 aromatic heterocycles. The molecule has 0 bridgehead atoms. The summed E-state index contributed by atoms with van der Waals surface area (Å²) in [6, 6.07) is 19.0. The van der Waals surface area contributed by atoms with Gasteiger partial charge in [0.15, 0.2) is 0 Å². The lowest BCUT2D eigenvalue weighted by atomic mass is 9.98. The number of benzene rings is 2. The van der Waals surface area contributed by atoms with Crippen LogP contribution >= 0.6 is 0 Å². The number of aromatic nitrogens is 1. The van der Waals surface area contributed by atoms with E-state index in [1.165, 1.54) is 16.5 Å². The summed E-state index contributed by atoms with van der Waals surface area (Å²) < 4.78 is 11.2. The summed E-state index contributed by atoms with van der Waals surface area (Å²) in [5.74, 6) is 1.04. The molecule has 0 radical (unpaired) electrons. The van der Waals surface area contributed by atoms with Crippen LogP contribution in [0.4, 0.5) is 16.3 Å². The first-order valence-electron chi connectivity index (χ1n) is 12.1. The number of unbranched alkanes of at least 4 members (excludes halogenated alkanes) is 1. The molecule has 0 spiro atoms. The molecule has 3 heterocycles. The van der Waals surface area contributed by atoms with E-state index >= 15 is 0 Å². The summed E-state index contributed by atoms with van der Waals surface area (Å²) in [5.41, 5.74) is 1.50. The van der Waals surface area contributed by atoms with E-state index in [1.807, 2.05) is 26.0 Å². The second kappa shape index (κ2) is 9.50.